The third-order valence-corrected chi connectivity index (χ3v) is 5.04. The van der Waals surface area contributed by atoms with Crippen LogP contribution in [0, 0.1) is 6.92 Å². The first-order chi connectivity index (χ1) is 15.5. The molecule has 10 nitrogen and oxygen atoms in total. The molecule has 1 aliphatic rings. The summed E-state index contributed by atoms with van der Waals surface area (Å²) in [5.74, 6) is -0.545. The smallest absolute Gasteiger partial charge is 0.342 e. The van der Waals surface area contributed by atoms with Crippen LogP contribution < -0.4 is 15.0 Å². The summed E-state index contributed by atoms with van der Waals surface area (Å²) in [6.07, 6.45) is 2.13. The Hall–Kier alpha value is -4.21. The van der Waals surface area contributed by atoms with E-state index in [2.05, 4.69) is 15.4 Å². The number of para-hydroxylation sites is 2. The van der Waals surface area contributed by atoms with Crippen molar-refractivity contribution < 1.29 is 23.9 Å². The van der Waals surface area contributed by atoms with E-state index in [1.54, 1.807) is 49.5 Å². The fourth-order valence-corrected chi connectivity index (χ4v) is 3.37. The molecule has 2 amide bonds. The summed E-state index contributed by atoms with van der Waals surface area (Å²) in [4.78, 5) is 43.2. The lowest BCUT2D eigenvalue weighted by Crippen LogP contribution is -2.51. The number of likely N-dealkylation sites (N-methyl/N-ethyl adjacent to an activating group) is 1. The van der Waals surface area contributed by atoms with Gasteiger partial charge in [-0.1, -0.05) is 18.2 Å². The van der Waals surface area contributed by atoms with Crippen molar-refractivity contribution in [1.29, 1.82) is 0 Å². The monoisotopic (exact) mass is 435 g/mol. The summed E-state index contributed by atoms with van der Waals surface area (Å²) in [7, 11) is 1.49. The highest BCUT2D eigenvalue weighted by Gasteiger charge is 2.33. The summed E-state index contributed by atoms with van der Waals surface area (Å²) >= 11 is 0. The number of benzene rings is 1. The number of anilines is 1. The Morgan fingerprint density at radius 3 is 2.72 bits per heavy atom. The molecule has 1 aromatic carbocycles. The van der Waals surface area contributed by atoms with Gasteiger partial charge in [-0.15, -0.1) is 0 Å². The number of carbonyl (C=O) groups is 3. The Balaban J connectivity index is 1.47. The molecule has 0 saturated carbocycles. The summed E-state index contributed by atoms with van der Waals surface area (Å²) < 4.78 is 12.5. The molecular formula is C22H21N5O5. The Morgan fingerprint density at radius 2 is 1.97 bits per heavy atom. The lowest BCUT2D eigenvalue weighted by Gasteiger charge is -2.33. The van der Waals surface area contributed by atoms with Gasteiger partial charge < -0.3 is 19.7 Å². The van der Waals surface area contributed by atoms with Crippen LogP contribution in [0.4, 0.5) is 5.69 Å². The van der Waals surface area contributed by atoms with Crippen LogP contribution >= 0.6 is 0 Å². The van der Waals surface area contributed by atoms with Gasteiger partial charge in [0.15, 0.2) is 18.5 Å². The molecular weight excluding hydrogens is 414 g/mol. The van der Waals surface area contributed by atoms with Crippen molar-refractivity contribution in [2.75, 3.05) is 25.1 Å². The van der Waals surface area contributed by atoms with Gasteiger partial charge in [-0.25, -0.2) is 14.5 Å². The van der Waals surface area contributed by atoms with Crippen LogP contribution in [0.5, 0.6) is 5.75 Å². The van der Waals surface area contributed by atoms with Crippen molar-refractivity contribution >= 4 is 23.5 Å². The molecule has 0 fully saturated rings. The maximum atomic E-state index is 12.9. The molecule has 3 aromatic rings. The van der Waals surface area contributed by atoms with E-state index in [9.17, 15) is 14.4 Å². The number of hydrogen-bond acceptors (Lipinski definition) is 7. The van der Waals surface area contributed by atoms with Gasteiger partial charge in [-0.3, -0.25) is 9.59 Å². The second-order valence-electron chi connectivity index (χ2n) is 7.01. The lowest BCUT2D eigenvalue weighted by atomic mass is 10.1. The fourth-order valence-electron chi connectivity index (χ4n) is 3.37. The minimum Gasteiger partial charge on any atom is -0.477 e. The van der Waals surface area contributed by atoms with E-state index < -0.39 is 24.6 Å². The first-order valence-corrected chi connectivity index (χ1v) is 9.90. The molecule has 10 heteroatoms. The van der Waals surface area contributed by atoms with Crippen molar-refractivity contribution in [2.24, 2.45) is 0 Å². The van der Waals surface area contributed by atoms with Crippen LogP contribution in [-0.2, 0) is 14.3 Å². The number of pyridine rings is 1. The molecule has 1 unspecified atom stereocenters. The number of rotatable bonds is 5. The minimum atomic E-state index is -0.867. The number of carbonyl (C=O) groups excluding carboxylic acids is 3. The Labute approximate surface area is 183 Å². The van der Waals surface area contributed by atoms with Gasteiger partial charge in [-0.05, 0) is 31.2 Å². The van der Waals surface area contributed by atoms with Gasteiger partial charge in [0.05, 0.1) is 24.1 Å². The van der Waals surface area contributed by atoms with Gasteiger partial charge in [0.1, 0.15) is 11.3 Å². The summed E-state index contributed by atoms with van der Waals surface area (Å²) in [5.41, 5.74) is 1.28. The molecule has 0 bridgehead atoms. The summed E-state index contributed by atoms with van der Waals surface area (Å²) in [5, 5.41) is 6.71. The number of aromatic nitrogens is 3. The van der Waals surface area contributed by atoms with Crippen molar-refractivity contribution in [2.45, 2.75) is 13.0 Å². The van der Waals surface area contributed by atoms with Gasteiger partial charge in [0.25, 0.3) is 11.8 Å². The molecule has 0 spiro atoms. The zero-order valence-electron chi connectivity index (χ0n) is 17.5. The summed E-state index contributed by atoms with van der Waals surface area (Å²) in [6, 6.07) is 12.2. The molecule has 1 aliphatic heterocycles. The van der Waals surface area contributed by atoms with Crippen LogP contribution in [0.25, 0.3) is 5.82 Å². The third kappa shape index (κ3) is 4.02. The summed E-state index contributed by atoms with van der Waals surface area (Å²) in [6.45, 7) is 1.22. The Kier molecular flexibility index (Phi) is 5.84. The number of hydrogen-bond donors (Lipinski definition) is 1. The number of amides is 2. The average Bonchev–Trinajstić information content (AvgIpc) is 3.22. The zero-order chi connectivity index (χ0) is 22.7. The molecule has 164 valence electrons. The van der Waals surface area contributed by atoms with Gasteiger partial charge in [-0.2, -0.15) is 5.10 Å². The highest BCUT2D eigenvalue weighted by molar-refractivity contribution is 6.00. The highest BCUT2D eigenvalue weighted by atomic mass is 16.5. The van der Waals surface area contributed by atoms with E-state index >= 15 is 0 Å². The molecule has 0 radical (unpaired) electrons. The van der Waals surface area contributed by atoms with Crippen molar-refractivity contribution in [3.63, 3.8) is 0 Å². The minimum absolute atomic E-state index is 0.00368. The first-order valence-electron chi connectivity index (χ1n) is 9.90. The van der Waals surface area contributed by atoms with E-state index in [1.807, 2.05) is 6.07 Å². The maximum absolute atomic E-state index is 12.9. The molecule has 4 rings (SSSR count). The molecule has 1 N–H and O–H groups in total. The van der Waals surface area contributed by atoms with E-state index in [4.69, 9.17) is 9.47 Å². The lowest BCUT2D eigenvalue weighted by molar-refractivity contribution is -0.128. The topological polar surface area (TPSA) is 116 Å². The first kappa shape index (κ1) is 21.0. The molecule has 0 saturated heterocycles. The molecule has 3 heterocycles. The van der Waals surface area contributed by atoms with Crippen LogP contribution in [0.3, 0.4) is 0 Å². The average molecular weight is 435 g/mol. The largest absolute Gasteiger partial charge is 0.477 e. The van der Waals surface area contributed by atoms with Crippen molar-refractivity contribution in [1.82, 2.24) is 20.1 Å². The van der Waals surface area contributed by atoms with E-state index in [0.29, 0.717) is 22.9 Å². The fraction of sp³-hybridized carbons (Fsp3) is 0.227. The van der Waals surface area contributed by atoms with E-state index in [1.165, 1.54) is 22.8 Å². The number of nitrogens with zero attached hydrogens (tertiary/aromatic N) is 4. The molecule has 1 atom stereocenters. The normalized spacial score (nSPS) is 14.8. The number of nitrogens with one attached hydrogen (secondary N) is 1. The quantitative estimate of drug-likeness (QED) is 0.600. The zero-order valence-corrected chi connectivity index (χ0v) is 17.5. The third-order valence-electron chi connectivity index (χ3n) is 5.04. The predicted octanol–water partition coefficient (Wildman–Crippen LogP) is 1.27. The maximum Gasteiger partial charge on any atom is 0.342 e. The molecule has 2 aromatic heterocycles. The second kappa shape index (κ2) is 8.88. The Bertz CT molecular complexity index is 1160. The van der Waals surface area contributed by atoms with E-state index in [-0.39, 0.29) is 18.0 Å². The van der Waals surface area contributed by atoms with Crippen molar-refractivity contribution in [3.8, 4) is 11.6 Å². The highest BCUT2D eigenvalue weighted by Crippen LogP contribution is 2.33. The molecule has 32 heavy (non-hydrogen) atoms. The van der Waals surface area contributed by atoms with Crippen LogP contribution in [0.2, 0.25) is 0 Å². The number of esters is 1. The SMILES string of the molecule is CNC(=O)C1CN(C(=O)COC(=O)c2cnn(-c3ccccn3)c2C)c2ccccc2O1. The number of ether oxygens (including phenoxy) is 2. The van der Waals surface area contributed by atoms with Crippen LogP contribution in [0.15, 0.2) is 54.9 Å². The second-order valence-corrected chi connectivity index (χ2v) is 7.01. The van der Waals surface area contributed by atoms with Crippen molar-refractivity contribution in [3.05, 3.63) is 66.1 Å². The van der Waals surface area contributed by atoms with E-state index in [0.717, 1.165) is 0 Å². The van der Waals surface area contributed by atoms with Crippen LogP contribution in [-0.4, -0.2) is 58.9 Å². The number of fused-ring (bicyclic) bond motifs is 1. The van der Waals surface area contributed by atoms with Gasteiger partial charge in [0.2, 0.25) is 0 Å². The predicted molar refractivity (Wildman–Crippen MR) is 114 cm³/mol. The molecule has 0 aliphatic carbocycles. The standard InChI is InChI=1S/C22H21N5O5/c1-14-15(11-25-27(14)19-9-5-6-10-24-19)22(30)31-13-20(28)26-12-18(21(29)23-2)32-17-8-4-3-7-16(17)26/h3-11,18H,12-13H2,1-2H3,(H,23,29). The van der Waals surface area contributed by atoms with Gasteiger partial charge in [0, 0.05) is 13.2 Å². The van der Waals surface area contributed by atoms with Gasteiger partial charge >= 0.3 is 5.97 Å². The van der Waals surface area contributed by atoms with Crippen LogP contribution in [0.1, 0.15) is 16.1 Å². The Morgan fingerprint density at radius 1 is 1.19 bits per heavy atom.